The number of aliphatic hydroxyl groups excluding tert-OH is 2. The topological polar surface area (TPSA) is 256 Å². The molecule has 1 aliphatic heterocycles. The zero-order valence-electron chi connectivity index (χ0n) is 35.7. The summed E-state index contributed by atoms with van der Waals surface area (Å²) < 4.78 is 5.56. The molecule has 19 heteroatoms. The molecule has 1 saturated heterocycles. The molecule has 0 unspecified atom stereocenters. The Labute approximate surface area is 385 Å². The molecule has 0 amide bonds. The van der Waals surface area contributed by atoms with Crippen LogP contribution in [-0.4, -0.2) is 116 Å². The van der Waals surface area contributed by atoms with Gasteiger partial charge in [-0.05, 0) is 118 Å². The highest BCUT2D eigenvalue weighted by Crippen LogP contribution is 2.16. The molecule has 0 atom stereocenters. The fourth-order valence-electron chi connectivity index (χ4n) is 3.88. The number of Topliss-reactive ketones (excluding diaryl/α,β-unsaturated/α-hetero) is 1. The summed E-state index contributed by atoms with van der Waals surface area (Å²) in [5, 5.41) is 70.1. The van der Waals surface area contributed by atoms with E-state index < -0.39 is 0 Å². The minimum Gasteiger partial charge on any atom is -0.508 e. The molecule has 0 spiro atoms. The minimum absolute atomic E-state index is 0.0220. The van der Waals surface area contributed by atoms with Gasteiger partial charge in [0.1, 0.15) is 57.2 Å². The van der Waals surface area contributed by atoms with Crippen LogP contribution in [0.3, 0.4) is 0 Å². The number of hydrogen-bond acceptors (Lipinski definition) is 16. The van der Waals surface area contributed by atoms with Crippen molar-refractivity contribution in [1.29, 1.82) is 0 Å². The first-order valence-corrected chi connectivity index (χ1v) is 20.2. The van der Waals surface area contributed by atoms with E-state index in [4.69, 9.17) is 68.8 Å². The third kappa shape index (κ3) is 32.5. The van der Waals surface area contributed by atoms with Crippen LogP contribution in [0.4, 0.5) is 0 Å². The molecule has 1 aromatic carbocycles. The lowest BCUT2D eigenvalue weighted by Gasteiger charge is -2.25. The van der Waals surface area contributed by atoms with Gasteiger partial charge >= 0.3 is 0 Å². The number of ketones is 1. The number of carbonyl (C=O) groups is 1. The maximum absolute atomic E-state index is 9.56. The number of rotatable bonds is 2. The van der Waals surface area contributed by atoms with Gasteiger partial charge < -0.3 is 50.5 Å². The lowest BCUT2D eigenvalue weighted by molar-refractivity contribution is -0.119. The molecule has 0 saturated carbocycles. The lowest BCUT2D eigenvalue weighted by Crippen LogP contribution is -2.32. The summed E-state index contributed by atoms with van der Waals surface area (Å²) in [6.45, 7) is 8.85. The maximum atomic E-state index is 9.56. The lowest BCUT2D eigenvalue weighted by atomic mass is 10.1. The number of halogens is 3. The van der Waals surface area contributed by atoms with Gasteiger partial charge in [-0.25, -0.2) is 9.97 Å². The fourth-order valence-corrected chi connectivity index (χ4v) is 4.46. The number of benzene rings is 1. The Kier molecular flexibility index (Phi) is 30.6. The quantitative estimate of drug-likeness (QED) is 0.0766. The molecule has 63 heavy (non-hydrogen) atoms. The van der Waals surface area contributed by atoms with Crippen molar-refractivity contribution >= 4 is 44.9 Å². The standard InChI is InChI=1S/C7H9NO.C7H8O.C6H7NO2.C6H13NO.C5H4BrNO.2C5H4ClNO.C3H6O2/c1-5-3-6(2)8-4-7(5)9;1-6-2-4-7(8)5-3-6;1-9-6-2-5(8)3-7-4-6;1-7-4-2-6(8)3-5-7;6-4-1-5(8)3-7-2-4;2*6-5-2-1-4(8)3-7-5;1-3(5)2-4/h3-4,9H,1-2H3;2-5,8H,1H3;2-4,8H,1H3;6,8H,2-5H2,1H3;3*1-3,8H;4H,2H2,1H3. The monoisotopic (exact) mass is 976 g/mol. The van der Waals surface area contributed by atoms with Gasteiger partial charge in [0.25, 0.3) is 0 Å². The van der Waals surface area contributed by atoms with Crippen molar-refractivity contribution in [2.45, 2.75) is 46.6 Å². The Bertz CT molecular complexity index is 1920. The molecule has 6 heterocycles. The van der Waals surface area contributed by atoms with E-state index in [9.17, 15) is 4.79 Å². The first-order valence-electron chi connectivity index (χ1n) is 18.7. The number of hydrogen-bond donors (Lipinski definition) is 8. The number of nitrogens with zero attached hydrogens (tertiary/aromatic N) is 6. The zero-order valence-corrected chi connectivity index (χ0v) is 38.8. The van der Waals surface area contributed by atoms with Crippen molar-refractivity contribution in [3.8, 4) is 40.2 Å². The summed E-state index contributed by atoms with van der Waals surface area (Å²) in [6.07, 6.45) is 11.8. The highest BCUT2D eigenvalue weighted by atomic mass is 79.9. The zero-order chi connectivity index (χ0) is 47.7. The number of aromatic hydroxyl groups is 6. The van der Waals surface area contributed by atoms with Gasteiger partial charge in [0.15, 0.2) is 5.78 Å². The Morgan fingerprint density at radius 3 is 1.48 bits per heavy atom. The summed E-state index contributed by atoms with van der Waals surface area (Å²) >= 11 is 13.9. The second-order valence-electron chi connectivity index (χ2n) is 13.0. The molecular formula is C44H55BrCl2N6O10. The molecule has 342 valence electrons. The Morgan fingerprint density at radius 1 is 0.698 bits per heavy atom. The van der Waals surface area contributed by atoms with E-state index in [1.54, 1.807) is 24.4 Å². The van der Waals surface area contributed by atoms with Crippen molar-refractivity contribution in [2.24, 2.45) is 0 Å². The summed E-state index contributed by atoms with van der Waals surface area (Å²) in [7, 11) is 3.61. The Hall–Kier alpha value is -5.82. The van der Waals surface area contributed by atoms with Crippen LogP contribution in [-0.2, 0) is 4.79 Å². The first kappa shape index (κ1) is 57.2. The van der Waals surface area contributed by atoms with Crippen LogP contribution < -0.4 is 4.74 Å². The number of carbonyl (C=O) groups excluding carboxylic acids is 1. The first-order chi connectivity index (χ1) is 29.7. The van der Waals surface area contributed by atoms with E-state index in [1.807, 2.05) is 39.0 Å². The van der Waals surface area contributed by atoms with Crippen LogP contribution in [0.15, 0.2) is 115 Å². The molecular weight excluding hydrogens is 923 g/mol. The van der Waals surface area contributed by atoms with Crippen molar-refractivity contribution in [3.05, 3.63) is 142 Å². The molecule has 7 rings (SSSR count). The molecule has 1 aliphatic rings. The van der Waals surface area contributed by atoms with E-state index in [-0.39, 0.29) is 47.2 Å². The summed E-state index contributed by atoms with van der Waals surface area (Å²) in [5.74, 6) is 1.54. The third-order valence-electron chi connectivity index (χ3n) is 7.21. The number of likely N-dealkylation sites (tertiary alicyclic amines) is 1. The van der Waals surface area contributed by atoms with Gasteiger partial charge in [0.05, 0.1) is 50.4 Å². The molecule has 0 bridgehead atoms. The van der Waals surface area contributed by atoms with E-state index in [0.717, 1.165) is 41.7 Å². The molecule has 1 fully saturated rings. The number of phenols is 1. The molecule has 0 aliphatic carbocycles. The number of methoxy groups -OCH3 is 1. The van der Waals surface area contributed by atoms with Gasteiger partial charge in [-0.3, -0.25) is 19.7 Å². The predicted octanol–water partition coefficient (Wildman–Crippen LogP) is 7.97. The van der Waals surface area contributed by atoms with E-state index in [1.165, 1.54) is 87.1 Å². The van der Waals surface area contributed by atoms with Gasteiger partial charge in [-0.15, -0.1) is 0 Å². The van der Waals surface area contributed by atoms with Crippen molar-refractivity contribution in [1.82, 2.24) is 29.8 Å². The molecule has 6 aromatic rings. The van der Waals surface area contributed by atoms with Crippen LogP contribution in [0.25, 0.3) is 0 Å². The largest absolute Gasteiger partial charge is 0.508 e. The fraction of sp³-hybridized carbons (Fsp3) is 0.273. The summed E-state index contributed by atoms with van der Waals surface area (Å²) in [4.78, 5) is 30.3. The second kappa shape index (κ2) is 33.8. The van der Waals surface area contributed by atoms with Crippen molar-refractivity contribution in [2.75, 3.05) is 33.9 Å². The van der Waals surface area contributed by atoms with E-state index in [0.29, 0.717) is 21.8 Å². The molecule has 5 aromatic heterocycles. The van der Waals surface area contributed by atoms with Gasteiger partial charge in [0.2, 0.25) is 0 Å². The smallest absolute Gasteiger partial charge is 0.155 e. The Morgan fingerprint density at radius 2 is 1.17 bits per heavy atom. The molecule has 16 nitrogen and oxygen atoms in total. The van der Waals surface area contributed by atoms with Crippen LogP contribution in [0.2, 0.25) is 10.3 Å². The van der Waals surface area contributed by atoms with Gasteiger partial charge in [-0.2, -0.15) is 0 Å². The molecule has 0 radical (unpaired) electrons. The van der Waals surface area contributed by atoms with Crippen LogP contribution in [0.5, 0.6) is 40.2 Å². The maximum Gasteiger partial charge on any atom is 0.155 e. The van der Waals surface area contributed by atoms with E-state index >= 15 is 0 Å². The Balaban J connectivity index is 0.000000700. The number of aryl methyl sites for hydroxylation is 3. The highest BCUT2D eigenvalue weighted by molar-refractivity contribution is 9.10. The van der Waals surface area contributed by atoms with Crippen LogP contribution in [0, 0.1) is 20.8 Å². The molecule has 8 N–H and O–H groups in total. The average molecular weight is 979 g/mol. The number of ether oxygens (including phenoxy) is 1. The van der Waals surface area contributed by atoms with Crippen LogP contribution >= 0.6 is 39.1 Å². The normalized spacial score (nSPS) is 11.2. The SMILES string of the molecule is CC(=O)CO.CN1CCC(O)CC1.COc1cncc(O)c1.Cc1cc(C)c(O)cn1.Cc1ccc(O)cc1.Oc1ccc(Cl)nc1.Oc1ccc(Cl)nc1.Oc1cncc(Br)c1. The predicted molar refractivity (Wildman–Crippen MR) is 247 cm³/mol. The average Bonchev–Trinajstić information content (AvgIpc) is 3.25. The number of phenolic OH excluding ortho intramolecular Hbond substituents is 1. The summed E-state index contributed by atoms with van der Waals surface area (Å²) in [5.41, 5.74) is 2.98. The number of aromatic nitrogens is 5. The van der Waals surface area contributed by atoms with Crippen LogP contribution in [0.1, 0.15) is 36.6 Å². The number of piperidine rings is 1. The minimum atomic E-state index is -0.333. The van der Waals surface area contributed by atoms with Crippen molar-refractivity contribution in [3.63, 3.8) is 0 Å². The van der Waals surface area contributed by atoms with E-state index in [2.05, 4.69) is 52.8 Å². The number of aliphatic hydroxyl groups is 2. The van der Waals surface area contributed by atoms with Gasteiger partial charge in [-0.1, -0.05) is 40.9 Å². The second-order valence-corrected chi connectivity index (χ2v) is 14.7. The summed E-state index contributed by atoms with van der Waals surface area (Å²) in [6, 6.07) is 18.0. The highest BCUT2D eigenvalue weighted by Gasteiger charge is 2.12. The number of pyridine rings is 5. The van der Waals surface area contributed by atoms with Gasteiger partial charge in [0, 0.05) is 35.5 Å². The third-order valence-corrected chi connectivity index (χ3v) is 8.09. The van der Waals surface area contributed by atoms with Crippen molar-refractivity contribution < 1.29 is 50.4 Å².